The molecule has 0 aliphatic carbocycles. The molecule has 7 nitrogen and oxygen atoms in total. The number of hydrogen-bond donors (Lipinski definition) is 1. The maximum atomic E-state index is 12.8. The molecule has 1 atom stereocenters. The summed E-state index contributed by atoms with van der Waals surface area (Å²) in [4.78, 5) is 42.8. The first-order chi connectivity index (χ1) is 17.1. The highest BCUT2D eigenvalue weighted by molar-refractivity contribution is 7.20. The third kappa shape index (κ3) is 6.97. The molecule has 1 amide bonds. The van der Waals surface area contributed by atoms with Gasteiger partial charge < -0.3 is 14.8 Å². The second-order valence-electron chi connectivity index (χ2n) is 7.81. The van der Waals surface area contributed by atoms with Gasteiger partial charge in [-0.3, -0.25) is 9.78 Å². The quantitative estimate of drug-likeness (QED) is 0.241. The minimum Gasteiger partial charge on any atom is -0.459 e. The predicted molar refractivity (Wildman–Crippen MR) is 133 cm³/mol. The Hall–Kier alpha value is -4.04. The molecule has 0 radical (unpaired) electrons. The van der Waals surface area contributed by atoms with Crippen LogP contribution in [0.15, 0.2) is 85.1 Å². The van der Waals surface area contributed by atoms with Gasteiger partial charge in [0.1, 0.15) is 19.3 Å². The topological polar surface area (TPSA) is 94.6 Å². The van der Waals surface area contributed by atoms with Gasteiger partial charge in [0.2, 0.25) is 0 Å². The largest absolute Gasteiger partial charge is 0.459 e. The molecule has 0 saturated carbocycles. The molecule has 0 unspecified atom stereocenters. The highest BCUT2D eigenvalue weighted by atomic mass is 32.1. The number of nitrogens with zero attached hydrogens (tertiary/aromatic N) is 1. The van der Waals surface area contributed by atoms with E-state index in [0.717, 1.165) is 21.3 Å². The first-order valence-corrected chi connectivity index (χ1v) is 12.0. The first-order valence-electron chi connectivity index (χ1n) is 11.1. The third-order valence-electron chi connectivity index (χ3n) is 5.24. The number of fused-ring (bicyclic) bond motifs is 1. The molecule has 35 heavy (non-hydrogen) atoms. The molecule has 1 N–H and O–H groups in total. The van der Waals surface area contributed by atoms with E-state index in [1.54, 1.807) is 12.3 Å². The number of carbonyl (C=O) groups excluding carboxylic acids is 3. The van der Waals surface area contributed by atoms with E-state index in [0.29, 0.717) is 4.88 Å². The lowest BCUT2D eigenvalue weighted by Crippen LogP contribution is -2.42. The van der Waals surface area contributed by atoms with Crippen LogP contribution in [0.1, 0.15) is 33.6 Å². The SMILES string of the molecule is O=C(N[C@H](CCC(=O)c1cc2ncccc2s1)C(=O)OCc1ccccc1)OCc1ccccc1. The zero-order chi connectivity index (χ0) is 24.5. The number of rotatable bonds is 10. The van der Waals surface area contributed by atoms with Crippen LogP contribution >= 0.6 is 11.3 Å². The van der Waals surface area contributed by atoms with Gasteiger partial charge >= 0.3 is 12.1 Å². The van der Waals surface area contributed by atoms with E-state index in [2.05, 4.69) is 10.3 Å². The van der Waals surface area contributed by atoms with Crippen LogP contribution in [0, 0.1) is 0 Å². The molecule has 0 bridgehead atoms. The molecule has 4 rings (SSSR count). The number of hydrogen-bond acceptors (Lipinski definition) is 7. The van der Waals surface area contributed by atoms with Gasteiger partial charge in [-0.1, -0.05) is 60.7 Å². The van der Waals surface area contributed by atoms with Gasteiger partial charge in [0.15, 0.2) is 5.78 Å². The lowest BCUT2D eigenvalue weighted by atomic mass is 10.1. The number of benzene rings is 2. The Labute approximate surface area is 206 Å². The van der Waals surface area contributed by atoms with Crippen molar-refractivity contribution in [2.45, 2.75) is 32.1 Å². The van der Waals surface area contributed by atoms with Crippen LogP contribution in [-0.2, 0) is 27.5 Å². The van der Waals surface area contributed by atoms with Gasteiger partial charge in [0.25, 0.3) is 0 Å². The van der Waals surface area contributed by atoms with Crippen LogP contribution in [-0.4, -0.2) is 28.9 Å². The standard InChI is InChI=1S/C27H24N2O5S/c30-23(25-16-22-24(35-25)12-7-15-28-22)14-13-21(26(31)33-17-19-8-3-1-4-9-19)29-27(32)34-18-20-10-5-2-6-11-20/h1-12,15-16,21H,13-14,17-18H2,(H,29,32)/t21-/m1/s1. The van der Waals surface area contributed by atoms with Crippen LogP contribution in [0.5, 0.6) is 0 Å². The number of ether oxygens (including phenoxy) is 2. The molecule has 0 fully saturated rings. The maximum absolute atomic E-state index is 12.8. The van der Waals surface area contributed by atoms with E-state index in [1.165, 1.54) is 11.3 Å². The first kappa shape index (κ1) is 24.1. The molecule has 0 spiro atoms. The Kier molecular flexibility index (Phi) is 8.19. The summed E-state index contributed by atoms with van der Waals surface area (Å²) >= 11 is 1.35. The average molecular weight is 489 g/mol. The minimum absolute atomic E-state index is 0.0525. The van der Waals surface area contributed by atoms with Gasteiger partial charge in [0, 0.05) is 12.6 Å². The van der Waals surface area contributed by atoms with Crippen molar-refractivity contribution in [1.82, 2.24) is 10.3 Å². The van der Waals surface area contributed by atoms with E-state index in [1.807, 2.05) is 72.8 Å². The number of ketones is 1. The predicted octanol–water partition coefficient (Wildman–Crippen LogP) is 5.30. The Morgan fingerprint density at radius 3 is 2.17 bits per heavy atom. The second-order valence-corrected chi connectivity index (χ2v) is 8.90. The van der Waals surface area contributed by atoms with Crippen molar-refractivity contribution in [1.29, 1.82) is 0 Å². The molecule has 2 heterocycles. The fourth-order valence-electron chi connectivity index (χ4n) is 3.39. The van der Waals surface area contributed by atoms with Gasteiger partial charge in [-0.15, -0.1) is 11.3 Å². The van der Waals surface area contributed by atoms with Crippen LogP contribution in [0.3, 0.4) is 0 Å². The summed E-state index contributed by atoms with van der Waals surface area (Å²) in [6, 6.07) is 22.9. The van der Waals surface area contributed by atoms with Crippen LogP contribution < -0.4 is 5.32 Å². The summed E-state index contributed by atoms with van der Waals surface area (Å²) in [6.45, 7) is 0.124. The van der Waals surface area contributed by atoms with Gasteiger partial charge in [-0.25, -0.2) is 9.59 Å². The monoisotopic (exact) mass is 488 g/mol. The number of carbonyl (C=O) groups is 3. The highest BCUT2D eigenvalue weighted by Gasteiger charge is 2.25. The number of thiophene rings is 1. The fraction of sp³-hybridized carbons (Fsp3) is 0.185. The van der Waals surface area contributed by atoms with Crippen molar-refractivity contribution in [2.24, 2.45) is 0 Å². The van der Waals surface area contributed by atoms with Crippen molar-refractivity contribution in [3.63, 3.8) is 0 Å². The van der Waals surface area contributed by atoms with Crippen LogP contribution in [0.2, 0.25) is 0 Å². The van der Waals surface area contributed by atoms with Crippen molar-refractivity contribution < 1.29 is 23.9 Å². The fourth-order valence-corrected chi connectivity index (χ4v) is 4.38. The number of alkyl carbamates (subject to hydrolysis) is 1. The van der Waals surface area contributed by atoms with E-state index < -0.39 is 18.1 Å². The number of aromatic nitrogens is 1. The Balaban J connectivity index is 1.38. The van der Waals surface area contributed by atoms with Crippen LogP contribution in [0.4, 0.5) is 4.79 Å². The minimum atomic E-state index is -1.03. The summed E-state index contributed by atoms with van der Waals surface area (Å²) in [7, 11) is 0. The van der Waals surface area contributed by atoms with E-state index >= 15 is 0 Å². The molecule has 0 saturated heterocycles. The highest BCUT2D eigenvalue weighted by Crippen LogP contribution is 2.25. The molecule has 8 heteroatoms. The van der Waals surface area contributed by atoms with Crippen LogP contribution in [0.25, 0.3) is 10.2 Å². The molecule has 0 aliphatic rings. The molecule has 0 aliphatic heterocycles. The van der Waals surface area contributed by atoms with Crippen molar-refractivity contribution in [2.75, 3.05) is 0 Å². The lowest BCUT2D eigenvalue weighted by Gasteiger charge is -2.17. The van der Waals surface area contributed by atoms with Crippen molar-refractivity contribution >= 4 is 39.4 Å². The Morgan fingerprint density at radius 2 is 1.51 bits per heavy atom. The van der Waals surface area contributed by atoms with Gasteiger partial charge in [-0.2, -0.15) is 0 Å². The smallest absolute Gasteiger partial charge is 0.408 e. The average Bonchev–Trinajstić information content (AvgIpc) is 3.34. The number of pyridine rings is 1. The summed E-state index contributed by atoms with van der Waals surface area (Å²) < 4.78 is 11.6. The zero-order valence-electron chi connectivity index (χ0n) is 18.9. The third-order valence-corrected chi connectivity index (χ3v) is 6.37. The summed E-state index contributed by atoms with van der Waals surface area (Å²) in [5.41, 5.74) is 2.39. The van der Waals surface area contributed by atoms with Gasteiger partial charge in [0.05, 0.1) is 15.1 Å². The molecule has 2 aromatic heterocycles. The Morgan fingerprint density at radius 1 is 0.857 bits per heavy atom. The zero-order valence-corrected chi connectivity index (χ0v) is 19.7. The number of esters is 1. The molecule has 178 valence electrons. The summed E-state index contributed by atoms with van der Waals surface area (Å²) in [5.74, 6) is -0.760. The number of Topliss-reactive ketones (excluding diaryl/α,β-unsaturated/α-hetero) is 1. The van der Waals surface area contributed by atoms with E-state index in [-0.39, 0.29) is 31.8 Å². The number of nitrogens with one attached hydrogen (secondary N) is 1. The molecule has 4 aromatic rings. The summed E-state index contributed by atoms with van der Waals surface area (Å²) in [5, 5.41) is 2.56. The molecule has 2 aromatic carbocycles. The second kappa shape index (κ2) is 11.9. The van der Waals surface area contributed by atoms with Crippen molar-refractivity contribution in [3.8, 4) is 0 Å². The van der Waals surface area contributed by atoms with E-state index in [4.69, 9.17) is 9.47 Å². The number of amides is 1. The molecular weight excluding hydrogens is 464 g/mol. The Bertz CT molecular complexity index is 1260. The normalized spacial score (nSPS) is 11.5. The summed E-state index contributed by atoms with van der Waals surface area (Å²) in [6.07, 6.45) is 1.05. The molecular formula is C27H24N2O5S. The van der Waals surface area contributed by atoms with Gasteiger partial charge in [-0.05, 0) is 35.7 Å². The maximum Gasteiger partial charge on any atom is 0.408 e. The van der Waals surface area contributed by atoms with E-state index in [9.17, 15) is 14.4 Å². The van der Waals surface area contributed by atoms with Crippen molar-refractivity contribution in [3.05, 3.63) is 101 Å². The lowest BCUT2D eigenvalue weighted by molar-refractivity contribution is -0.147.